The molecule has 0 bridgehead atoms. The first-order valence-electron chi connectivity index (χ1n) is 4.37. The van der Waals surface area contributed by atoms with Gasteiger partial charge in [0.2, 0.25) is 0 Å². The van der Waals surface area contributed by atoms with E-state index in [1.165, 1.54) is 0 Å². The van der Waals surface area contributed by atoms with Crippen LogP contribution in [0.15, 0.2) is 30.2 Å². The lowest BCUT2D eigenvalue weighted by molar-refractivity contribution is 0.499. The normalized spacial score (nSPS) is 11.6. The summed E-state index contributed by atoms with van der Waals surface area (Å²) in [6.07, 6.45) is 1.12. The maximum Gasteiger partial charge on any atom is 0.502 e. The molecule has 0 aliphatic carbocycles. The van der Waals surface area contributed by atoms with E-state index in [2.05, 4.69) is 0 Å². The minimum atomic E-state index is -4.92. The smallest absolute Gasteiger partial charge is 0.445 e. The molecule has 1 aromatic rings. The lowest BCUT2D eigenvalue weighted by atomic mass is 9.89. The molecule has 0 saturated heterocycles. The third-order valence-electron chi connectivity index (χ3n) is 1.82. The Kier molecular flexibility index (Phi) is 3.56. The van der Waals surface area contributed by atoms with E-state index in [-0.39, 0.29) is 12.4 Å². The van der Waals surface area contributed by atoms with Gasteiger partial charge < -0.3 is 12.9 Å². The Morgan fingerprint density at radius 1 is 1.27 bits per heavy atom. The van der Waals surface area contributed by atoms with Gasteiger partial charge in [-0.1, -0.05) is 30.3 Å². The molecule has 0 N–H and O–H groups in total. The van der Waals surface area contributed by atoms with Gasteiger partial charge in [0.15, 0.2) is 0 Å². The van der Waals surface area contributed by atoms with Crippen LogP contribution in [0.4, 0.5) is 12.9 Å². The highest BCUT2D eigenvalue weighted by atomic mass is 19.4. The van der Waals surface area contributed by atoms with E-state index in [9.17, 15) is 12.9 Å². The van der Waals surface area contributed by atoms with Gasteiger partial charge in [0, 0.05) is 0 Å². The molecule has 0 amide bonds. The van der Waals surface area contributed by atoms with E-state index in [0.29, 0.717) is 11.1 Å². The highest BCUT2D eigenvalue weighted by molar-refractivity contribution is 6.64. The van der Waals surface area contributed by atoms with Gasteiger partial charge in [-0.15, -0.1) is 5.98 Å². The summed E-state index contributed by atoms with van der Waals surface area (Å²) in [7, 11) is 0. The second kappa shape index (κ2) is 4.69. The molecule has 0 fully saturated rings. The number of halogens is 3. The summed E-state index contributed by atoms with van der Waals surface area (Å²) in [4.78, 5) is 0. The van der Waals surface area contributed by atoms with Crippen molar-refractivity contribution in [2.45, 2.75) is 6.42 Å². The van der Waals surface area contributed by atoms with Crippen LogP contribution in [0.5, 0.6) is 0 Å². The van der Waals surface area contributed by atoms with E-state index in [1.807, 2.05) is 6.07 Å². The highest BCUT2D eigenvalue weighted by Crippen LogP contribution is 2.16. The second-order valence-corrected chi connectivity index (χ2v) is 3.02. The van der Waals surface area contributed by atoms with Crippen LogP contribution in [-0.2, 0) is 6.42 Å². The molecule has 0 spiro atoms. The third-order valence-corrected chi connectivity index (χ3v) is 1.82. The molecule has 1 rings (SSSR count). The van der Waals surface area contributed by atoms with Gasteiger partial charge in [-0.3, -0.25) is 0 Å². The van der Waals surface area contributed by atoms with E-state index < -0.39 is 6.98 Å². The summed E-state index contributed by atoms with van der Waals surface area (Å²) in [5.74, 6) is 0.232. The van der Waals surface area contributed by atoms with Crippen molar-refractivity contribution in [2.75, 3.05) is 0 Å². The number of nitriles is 1. The topological polar surface area (TPSA) is 23.8 Å². The Morgan fingerprint density at radius 3 is 2.53 bits per heavy atom. The summed E-state index contributed by atoms with van der Waals surface area (Å²) < 4.78 is 35.9. The number of hydrogen-bond acceptors (Lipinski definition) is 1. The number of rotatable bonds is 3. The van der Waals surface area contributed by atoms with Crippen LogP contribution in [0.25, 0.3) is 6.08 Å². The van der Waals surface area contributed by atoms with Crippen LogP contribution in [-0.4, -0.2) is 6.98 Å². The molecule has 0 aliphatic rings. The number of nitrogens with zero attached hydrogens (tertiary/aromatic N) is 1. The SMILES string of the molecule is N#CCc1ccccc1/C=C/[B-](F)(F)F. The van der Waals surface area contributed by atoms with Crippen molar-refractivity contribution in [3.05, 3.63) is 41.4 Å². The Hall–Kier alpha value is -1.70. The molecule has 1 aromatic carbocycles. The van der Waals surface area contributed by atoms with Crippen molar-refractivity contribution < 1.29 is 12.9 Å². The molecule has 0 radical (unpaired) electrons. The molecule has 78 valence electrons. The quantitative estimate of drug-likeness (QED) is 0.702. The van der Waals surface area contributed by atoms with Gasteiger partial charge in [-0.25, -0.2) is 0 Å². The van der Waals surface area contributed by atoms with Crippen LogP contribution in [0.1, 0.15) is 11.1 Å². The predicted molar refractivity (Wildman–Crippen MR) is 53.9 cm³/mol. The monoisotopic (exact) mass is 210 g/mol. The van der Waals surface area contributed by atoms with Gasteiger partial charge in [0.25, 0.3) is 0 Å². The standard InChI is InChI=1S/C10H8BF3N/c12-11(13,14)7-5-9-3-1-2-4-10(9)6-8-15/h1-5,7H,6H2/q-1/b7-5+. The van der Waals surface area contributed by atoms with Crippen molar-refractivity contribution >= 4 is 13.1 Å². The van der Waals surface area contributed by atoms with Crippen molar-refractivity contribution in [1.82, 2.24) is 0 Å². The van der Waals surface area contributed by atoms with Crippen molar-refractivity contribution in [3.63, 3.8) is 0 Å². The zero-order valence-corrected chi connectivity index (χ0v) is 7.83. The van der Waals surface area contributed by atoms with Gasteiger partial charge in [0.05, 0.1) is 12.5 Å². The summed E-state index contributed by atoms with van der Waals surface area (Å²) in [6, 6.07) is 8.46. The van der Waals surface area contributed by atoms with Crippen LogP contribution < -0.4 is 0 Å². The number of benzene rings is 1. The average molecular weight is 210 g/mol. The molecular formula is C10H8BF3N-. The van der Waals surface area contributed by atoms with E-state index in [0.717, 1.165) is 6.08 Å². The summed E-state index contributed by atoms with van der Waals surface area (Å²) in [5.41, 5.74) is 1.05. The summed E-state index contributed by atoms with van der Waals surface area (Å²) >= 11 is 0. The lowest BCUT2D eigenvalue weighted by Gasteiger charge is -2.07. The van der Waals surface area contributed by atoms with Crippen molar-refractivity contribution in [2.24, 2.45) is 0 Å². The predicted octanol–water partition coefficient (Wildman–Crippen LogP) is 3.15. The molecule has 0 aliphatic heterocycles. The zero-order valence-electron chi connectivity index (χ0n) is 7.83. The Labute approximate surface area is 85.9 Å². The maximum absolute atomic E-state index is 12.0. The van der Waals surface area contributed by atoms with Gasteiger partial charge >= 0.3 is 6.98 Å². The van der Waals surface area contributed by atoms with Crippen molar-refractivity contribution in [3.8, 4) is 6.07 Å². The Balaban J connectivity index is 2.95. The van der Waals surface area contributed by atoms with E-state index in [4.69, 9.17) is 5.26 Å². The third kappa shape index (κ3) is 3.90. The van der Waals surface area contributed by atoms with E-state index >= 15 is 0 Å². The minimum absolute atomic E-state index is 0.116. The molecule has 0 saturated carbocycles. The fraction of sp³-hybridized carbons (Fsp3) is 0.100. The first-order valence-corrected chi connectivity index (χ1v) is 4.37. The fourth-order valence-corrected chi connectivity index (χ4v) is 1.16. The lowest BCUT2D eigenvalue weighted by Crippen LogP contribution is -2.09. The van der Waals surface area contributed by atoms with Crippen LogP contribution >= 0.6 is 0 Å². The summed E-state index contributed by atoms with van der Waals surface area (Å²) in [6.45, 7) is -4.92. The van der Waals surface area contributed by atoms with Crippen molar-refractivity contribution in [1.29, 1.82) is 5.26 Å². The fourth-order valence-electron chi connectivity index (χ4n) is 1.16. The Bertz CT molecular complexity index is 404. The second-order valence-electron chi connectivity index (χ2n) is 3.02. The molecule has 0 unspecified atom stereocenters. The minimum Gasteiger partial charge on any atom is -0.445 e. The van der Waals surface area contributed by atoms with Crippen LogP contribution in [0, 0.1) is 11.3 Å². The maximum atomic E-state index is 12.0. The molecule has 5 heteroatoms. The number of hydrogen-bond donors (Lipinski definition) is 0. The van der Waals surface area contributed by atoms with E-state index in [1.54, 1.807) is 24.3 Å². The summed E-state index contributed by atoms with van der Waals surface area (Å²) in [5, 5.41) is 8.48. The van der Waals surface area contributed by atoms with Gasteiger partial charge in [-0.05, 0) is 11.1 Å². The van der Waals surface area contributed by atoms with Gasteiger partial charge in [0.1, 0.15) is 0 Å². The first-order chi connectivity index (χ1) is 7.03. The van der Waals surface area contributed by atoms with Gasteiger partial charge in [-0.2, -0.15) is 5.26 Å². The average Bonchev–Trinajstić information content (AvgIpc) is 2.16. The Morgan fingerprint density at radius 2 is 1.93 bits per heavy atom. The molecule has 15 heavy (non-hydrogen) atoms. The van der Waals surface area contributed by atoms with Crippen LogP contribution in [0.3, 0.4) is 0 Å². The molecule has 0 heterocycles. The largest absolute Gasteiger partial charge is 0.502 e. The molecular weight excluding hydrogens is 202 g/mol. The first kappa shape index (κ1) is 11.4. The molecule has 0 atom stereocenters. The zero-order chi connectivity index (χ0) is 11.3. The highest BCUT2D eigenvalue weighted by Gasteiger charge is 2.17. The van der Waals surface area contributed by atoms with Crippen LogP contribution in [0.2, 0.25) is 0 Å². The molecule has 1 nitrogen and oxygen atoms in total. The molecule has 0 aromatic heterocycles.